The van der Waals surface area contributed by atoms with Crippen molar-refractivity contribution in [2.45, 2.75) is 18.7 Å². The van der Waals surface area contributed by atoms with E-state index in [0.717, 1.165) is 0 Å². The zero-order valence-electron chi connectivity index (χ0n) is 10.7. The maximum atomic E-state index is 12.5. The molecule has 0 bridgehead atoms. The summed E-state index contributed by atoms with van der Waals surface area (Å²) in [5.74, 6) is 0.354. The number of piperazine rings is 1. The minimum atomic E-state index is -3.48. The van der Waals surface area contributed by atoms with Crippen LogP contribution < -0.4 is 0 Å². The fraction of sp³-hybridized carbons (Fsp3) is 0.636. The van der Waals surface area contributed by atoms with Crippen LogP contribution >= 0.6 is 0 Å². The first-order valence-electron chi connectivity index (χ1n) is 5.91. The number of hydrogen-bond donors (Lipinski definition) is 0. The molecule has 1 fully saturated rings. The molecule has 101 valence electrons. The molecule has 6 nitrogen and oxygen atoms in total. The molecule has 1 aromatic rings. The van der Waals surface area contributed by atoms with Crippen LogP contribution in [0.5, 0.6) is 0 Å². The average Bonchev–Trinajstić information content (AvgIpc) is 2.69. The number of sulfonamides is 1. The summed E-state index contributed by atoms with van der Waals surface area (Å²) in [6.07, 6.45) is 0. The first-order chi connectivity index (χ1) is 8.46. The molecule has 1 radical (unpaired) electrons. The van der Waals surface area contributed by atoms with Crippen LogP contribution in [0, 0.1) is 20.8 Å². The monoisotopic (exact) mass is 272 g/mol. The van der Waals surface area contributed by atoms with Crippen LogP contribution in [0.2, 0.25) is 0 Å². The molecule has 1 aliphatic rings. The van der Waals surface area contributed by atoms with Gasteiger partial charge in [-0.1, -0.05) is 5.16 Å². The van der Waals surface area contributed by atoms with Gasteiger partial charge in [-0.3, -0.25) is 0 Å². The van der Waals surface area contributed by atoms with Gasteiger partial charge < -0.3 is 9.42 Å². The van der Waals surface area contributed by atoms with Crippen molar-refractivity contribution < 1.29 is 12.9 Å². The summed E-state index contributed by atoms with van der Waals surface area (Å²) in [6.45, 7) is 10.2. The molecule has 0 atom stereocenters. The van der Waals surface area contributed by atoms with Gasteiger partial charge in [0, 0.05) is 26.2 Å². The average molecular weight is 272 g/mol. The zero-order valence-corrected chi connectivity index (χ0v) is 11.5. The highest BCUT2D eigenvalue weighted by atomic mass is 32.2. The van der Waals surface area contributed by atoms with Crippen molar-refractivity contribution in [3.8, 4) is 0 Å². The van der Waals surface area contributed by atoms with Crippen LogP contribution in [0.15, 0.2) is 9.42 Å². The lowest BCUT2D eigenvalue weighted by atomic mass is 10.4. The third-order valence-corrected chi connectivity index (χ3v) is 5.36. The van der Waals surface area contributed by atoms with Crippen molar-refractivity contribution in [2.24, 2.45) is 0 Å². The summed E-state index contributed by atoms with van der Waals surface area (Å²) in [5, 5.41) is 3.71. The van der Waals surface area contributed by atoms with E-state index in [0.29, 0.717) is 44.2 Å². The molecule has 1 aromatic heterocycles. The van der Waals surface area contributed by atoms with Crippen molar-refractivity contribution in [2.75, 3.05) is 32.7 Å². The van der Waals surface area contributed by atoms with Gasteiger partial charge in [0.1, 0.15) is 10.6 Å². The van der Waals surface area contributed by atoms with Crippen LogP contribution in [-0.4, -0.2) is 55.5 Å². The van der Waals surface area contributed by atoms with Crippen LogP contribution in [0.25, 0.3) is 0 Å². The van der Waals surface area contributed by atoms with Gasteiger partial charge in [-0.15, -0.1) is 0 Å². The fourth-order valence-corrected chi connectivity index (χ4v) is 3.88. The van der Waals surface area contributed by atoms with Gasteiger partial charge >= 0.3 is 0 Å². The molecule has 2 rings (SSSR count). The maximum absolute atomic E-state index is 12.5. The minimum absolute atomic E-state index is 0.213. The Morgan fingerprint density at radius 2 is 1.89 bits per heavy atom. The van der Waals surface area contributed by atoms with E-state index in [4.69, 9.17) is 4.52 Å². The molecule has 18 heavy (non-hydrogen) atoms. The first-order valence-corrected chi connectivity index (χ1v) is 7.35. The van der Waals surface area contributed by atoms with Crippen LogP contribution in [0.4, 0.5) is 0 Å². The lowest BCUT2D eigenvalue weighted by molar-refractivity contribution is 0.203. The minimum Gasteiger partial charge on any atom is -0.360 e. The Labute approximate surface area is 108 Å². The maximum Gasteiger partial charge on any atom is 0.248 e. The highest BCUT2D eigenvalue weighted by Crippen LogP contribution is 2.23. The molecular weight excluding hydrogens is 254 g/mol. The molecule has 0 amide bonds. The topological polar surface area (TPSA) is 66.7 Å². The van der Waals surface area contributed by atoms with E-state index in [9.17, 15) is 8.42 Å². The molecule has 1 aliphatic heterocycles. The molecule has 0 unspecified atom stereocenters. The quantitative estimate of drug-likeness (QED) is 0.798. The molecule has 0 N–H and O–H groups in total. The number of rotatable bonds is 3. The van der Waals surface area contributed by atoms with E-state index in [1.807, 2.05) is 0 Å². The largest absolute Gasteiger partial charge is 0.360 e. The van der Waals surface area contributed by atoms with Crippen LogP contribution in [-0.2, 0) is 10.0 Å². The Bertz CT molecular complexity index is 496. The lowest BCUT2D eigenvalue weighted by Crippen LogP contribution is -2.48. The number of aryl methyl sites for hydroxylation is 2. The Hall–Kier alpha value is -0.920. The van der Waals surface area contributed by atoms with E-state index < -0.39 is 10.0 Å². The standard InChI is InChI=1S/C11H18N3O3S/c1-4-13-5-7-14(8-6-13)18(15,16)11-9(2)12-17-10(11)3/h1,4-8H2,2-3H3. The van der Waals surface area contributed by atoms with E-state index in [1.165, 1.54) is 4.31 Å². The van der Waals surface area contributed by atoms with Gasteiger partial charge in [0.2, 0.25) is 10.0 Å². The predicted molar refractivity (Wildman–Crippen MR) is 66.5 cm³/mol. The van der Waals surface area contributed by atoms with Crippen molar-refractivity contribution in [1.82, 2.24) is 14.4 Å². The molecule has 0 aromatic carbocycles. The van der Waals surface area contributed by atoms with Crippen molar-refractivity contribution in [3.05, 3.63) is 18.4 Å². The molecule has 0 saturated carbocycles. The number of aromatic nitrogens is 1. The third kappa shape index (κ3) is 2.30. The molecular formula is C11H18N3O3S. The molecule has 1 saturated heterocycles. The van der Waals surface area contributed by atoms with Gasteiger partial charge in [-0.25, -0.2) is 8.42 Å². The van der Waals surface area contributed by atoms with E-state index in [1.54, 1.807) is 13.8 Å². The third-order valence-electron chi connectivity index (χ3n) is 3.21. The molecule has 0 aliphatic carbocycles. The predicted octanol–water partition coefficient (Wildman–Crippen LogP) is 0.432. The fourth-order valence-electron chi connectivity index (χ4n) is 2.17. The second kappa shape index (κ2) is 4.99. The van der Waals surface area contributed by atoms with Crippen molar-refractivity contribution >= 4 is 10.0 Å². The van der Waals surface area contributed by atoms with Gasteiger partial charge in [-0.2, -0.15) is 4.31 Å². The Balaban J connectivity index is 2.23. The summed E-state index contributed by atoms with van der Waals surface area (Å²) >= 11 is 0. The Kier molecular flexibility index (Phi) is 3.74. The Morgan fingerprint density at radius 1 is 1.28 bits per heavy atom. The highest BCUT2D eigenvalue weighted by Gasteiger charge is 2.32. The van der Waals surface area contributed by atoms with Crippen molar-refractivity contribution in [3.63, 3.8) is 0 Å². The second-order valence-electron chi connectivity index (χ2n) is 4.40. The van der Waals surface area contributed by atoms with Crippen LogP contribution in [0.3, 0.4) is 0 Å². The zero-order chi connectivity index (χ0) is 13.3. The second-order valence-corrected chi connectivity index (χ2v) is 6.27. The van der Waals surface area contributed by atoms with Gasteiger partial charge in [0.15, 0.2) is 5.76 Å². The molecule has 7 heteroatoms. The van der Waals surface area contributed by atoms with Crippen molar-refractivity contribution in [1.29, 1.82) is 0 Å². The van der Waals surface area contributed by atoms with E-state index in [-0.39, 0.29) is 4.90 Å². The normalized spacial score (nSPS) is 19.3. The summed E-state index contributed by atoms with van der Waals surface area (Å²) in [6, 6.07) is 0. The summed E-state index contributed by atoms with van der Waals surface area (Å²) in [4.78, 5) is 2.34. The molecule has 2 heterocycles. The van der Waals surface area contributed by atoms with Gasteiger partial charge in [0.25, 0.3) is 0 Å². The number of nitrogens with zero attached hydrogens (tertiary/aromatic N) is 3. The number of hydrogen-bond acceptors (Lipinski definition) is 5. The summed E-state index contributed by atoms with van der Waals surface area (Å²) in [5.41, 5.74) is 0.423. The smallest absolute Gasteiger partial charge is 0.248 e. The Morgan fingerprint density at radius 3 is 2.33 bits per heavy atom. The SMILES string of the molecule is [CH2]CN1CCN(S(=O)(=O)c2c(C)noc2C)CC1. The summed E-state index contributed by atoms with van der Waals surface area (Å²) < 4.78 is 31.4. The van der Waals surface area contributed by atoms with E-state index in [2.05, 4.69) is 17.0 Å². The van der Waals surface area contributed by atoms with Gasteiger partial charge in [0.05, 0.1) is 0 Å². The van der Waals surface area contributed by atoms with Gasteiger partial charge in [-0.05, 0) is 27.3 Å². The van der Waals surface area contributed by atoms with E-state index >= 15 is 0 Å². The van der Waals surface area contributed by atoms with Crippen LogP contribution in [0.1, 0.15) is 11.5 Å². The first kappa shape index (κ1) is 13.5. The summed E-state index contributed by atoms with van der Waals surface area (Å²) in [7, 11) is -3.48. The highest BCUT2D eigenvalue weighted by molar-refractivity contribution is 7.89. The molecule has 0 spiro atoms. The lowest BCUT2D eigenvalue weighted by Gasteiger charge is -2.33.